The summed E-state index contributed by atoms with van der Waals surface area (Å²) in [5.74, 6) is -0.664. The summed E-state index contributed by atoms with van der Waals surface area (Å²) in [6.07, 6.45) is 1.87. The molecule has 1 N–H and O–H groups in total. The first kappa shape index (κ1) is 18.9. The highest BCUT2D eigenvalue weighted by Gasteiger charge is 2.23. The van der Waals surface area contributed by atoms with Gasteiger partial charge in [0, 0.05) is 6.61 Å². The molecule has 1 aromatic heterocycles. The quantitative estimate of drug-likeness (QED) is 0.634. The standard InChI is InChI=1S/C20H19F2N3O2S/c21-15-7-3-13(4-8-15)18(14-5-9-16(22)10-6-14)28-20-24-23-19(26)25(20)12-17-2-1-11-27-17/h3-10,17-18H,1-2,11-12H2,(H,23,26)/t17-/m1/s1. The molecule has 1 aliphatic rings. The number of halogens is 2. The van der Waals surface area contributed by atoms with Crippen molar-refractivity contribution in [3.63, 3.8) is 0 Å². The van der Waals surface area contributed by atoms with E-state index in [1.165, 1.54) is 36.0 Å². The number of nitrogens with zero attached hydrogens (tertiary/aromatic N) is 2. The molecule has 0 saturated carbocycles. The Morgan fingerprint density at radius 2 is 1.71 bits per heavy atom. The van der Waals surface area contributed by atoms with Gasteiger partial charge in [0.25, 0.3) is 0 Å². The highest BCUT2D eigenvalue weighted by atomic mass is 32.2. The van der Waals surface area contributed by atoms with Gasteiger partial charge in [-0.15, -0.1) is 5.10 Å². The second-order valence-electron chi connectivity index (χ2n) is 6.66. The van der Waals surface area contributed by atoms with Gasteiger partial charge in [0.2, 0.25) is 0 Å². The lowest BCUT2D eigenvalue weighted by Crippen LogP contribution is -2.25. The van der Waals surface area contributed by atoms with E-state index in [-0.39, 0.29) is 28.7 Å². The van der Waals surface area contributed by atoms with E-state index < -0.39 is 0 Å². The Morgan fingerprint density at radius 1 is 1.11 bits per heavy atom. The lowest BCUT2D eigenvalue weighted by molar-refractivity contribution is 0.0941. The molecule has 0 unspecified atom stereocenters. The Balaban J connectivity index is 1.67. The topological polar surface area (TPSA) is 59.9 Å². The van der Waals surface area contributed by atoms with Crippen LogP contribution in [0.2, 0.25) is 0 Å². The summed E-state index contributed by atoms with van der Waals surface area (Å²) >= 11 is 1.36. The molecule has 0 aliphatic carbocycles. The molecule has 1 saturated heterocycles. The van der Waals surface area contributed by atoms with Crippen molar-refractivity contribution in [2.24, 2.45) is 0 Å². The van der Waals surface area contributed by atoms with Crippen LogP contribution < -0.4 is 5.69 Å². The first-order valence-electron chi connectivity index (χ1n) is 9.04. The van der Waals surface area contributed by atoms with Crippen LogP contribution in [0.15, 0.2) is 58.5 Å². The van der Waals surface area contributed by atoms with Crippen molar-refractivity contribution in [1.29, 1.82) is 0 Å². The molecule has 5 nitrogen and oxygen atoms in total. The molecular weight excluding hydrogens is 384 g/mol. The van der Waals surface area contributed by atoms with Crippen molar-refractivity contribution in [2.45, 2.75) is 35.9 Å². The summed E-state index contributed by atoms with van der Waals surface area (Å²) < 4.78 is 34.0. The van der Waals surface area contributed by atoms with E-state index >= 15 is 0 Å². The lowest BCUT2D eigenvalue weighted by atomic mass is 10.0. The van der Waals surface area contributed by atoms with Gasteiger partial charge in [0.1, 0.15) is 11.6 Å². The number of ether oxygens (including phenoxy) is 1. The lowest BCUT2D eigenvalue weighted by Gasteiger charge is -2.18. The first-order chi connectivity index (χ1) is 13.6. The molecule has 2 heterocycles. The second kappa shape index (κ2) is 8.28. The van der Waals surface area contributed by atoms with Crippen molar-refractivity contribution in [1.82, 2.24) is 14.8 Å². The molecular formula is C20H19F2N3O2S. The zero-order valence-corrected chi connectivity index (χ0v) is 15.8. The van der Waals surface area contributed by atoms with E-state index in [1.54, 1.807) is 28.8 Å². The van der Waals surface area contributed by atoms with E-state index in [2.05, 4.69) is 10.2 Å². The predicted molar refractivity (Wildman–Crippen MR) is 102 cm³/mol. The number of nitrogens with one attached hydrogen (secondary N) is 1. The summed E-state index contributed by atoms with van der Waals surface area (Å²) in [6, 6.07) is 12.3. The Morgan fingerprint density at radius 3 is 2.25 bits per heavy atom. The van der Waals surface area contributed by atoms with E-state index in [0.717, 1.165) is 24.0 Å². The van der Waals surface area contributed by atoms with Crippen LogP contribution in [-0.2, 0) is 11.3 Å². The van der Waals surface area contributed by atoms with Crippen LogP contribution in [0, 0.1) is 11.6 Å². The Hall–Kier alpha value is -2.45. The van der Waals surface area contributed by atoms with Crippen molar-refractivity contribution in [3.8, 4) is 0 Å². The molecule has 146 valence electrons. The minimum Gasteiger partial charge on any atom is -0.376 e. The van der Waals surface area contributed by atoms with Crippen LogP contribution in [0.4, 0.5) is 8.78 Å². The average molecular weight is 403 g/mol. The van der Waals surface area contributed by atoms with Gasteiger partial charge in [-0.05, 0) is 48.2 Å². The van der Waals surface area contributed by atoms with Crippen LogP contribution in [0.3, 0.4) is 0 Å². The van der Waals surface area contributed by atoms with Gasteiger partial charge in [-0.3, -0.25) is 4.57 Å². The third-order valence-electron chi connectivity index (χ3n) is 4.70. The van der Waals surface area contributed by atoms with E-state index in [4.69, 9.17) is 4.74 Å². The Labute approximate surface area is 164 Å². The molecule has 2 aromatic carbocycles. The summed E-state index contributed by atoms with van der Waals surface area (Å²) in [6.45, 7) is 1.13. The number of hydrogen-bond acceptors (Lipinski definition) is 4. The maximum Gasteiger partial charge on any atom is 0.344 e. The maximum absolute atomic E-state index is 13.4. The van der Waals surface area contributed by atoms with Gasteiger partial charge in [-0.2, -0.15) is 0 Å². The molecule has 0 amide bonds. The number of thioether (sulfide) groups is 1. The van der Waals surface area contributed by atoms with Gasteiger partial charge in [-0.25, -0.2) is 18.7 Å². The third-order valence-corrected chi connectivity index (χ3v) is 6.00. The van der Waals surface area contributed by atoms with Crippen molar-refractivity contribution in [3.05, 3.63) is 81.8 Å². The Kier molecular flexibility index (Phi) is 5.59. The highest BCUT2D eigenvalue weighted by molar-refractivity contribution is 7.99. The van der Waals surface area contributed by atoms with Crippen LogP contribution >= 0.6 is 11.8 Å². The van der Waals surface area contributed by atoms with E-state index in [9.17, 15) is 13.6 Å². The van der Waals surface area contributed by atoms with Crippen LogP contribution in [0.25, 0.3) is 0 Å². The molecule has 0 spiro atoms. The van der Waals surface area contributed by atoms with E-state index in [0.29, 0.717) is 18.3 Å². The zero-order valence-electron chi connectivity index (χ0n) is 15.0. The van der Waals surface area contributed by atoms with Crippen LogP contribution in [0.1, 0.15) is 29.2 Å². The summed E-state index contributed by atoms with van der Waals surface area (Å²) in [5, 5.41) is 6.90. The molecule has 0 bridgehead atoms. The fourth-order valence-electron chi connectivity index (χ4n) is 3.26. The third kappa shape index (κ3) is 4.18. The van der Waals surface area contributed by atoms with Gasteiger partial charge < -0.3 is 4.74 Å². The normalized spacial score (nSPS) is 16.8. The summed E-state index contributed by atoms with van der Waals surface area (Å²) in [5.41, 5.74) is 1.37. The molecule has 28 heavy (non-hydrogen) atoms. The zero-order chi connectivity index (χ0) is 19.5. The van der Waals surface area contributed by atoms with Gasteiger partial charge >= 0.3 is 5.69 Å². The number of hydrogen-bond donors (Lipinski definition) is 1. The maximum atomic E-state index is 13.4. The highest BCUT2D eigenvalue weighted by Crippen LogP contribution is 2.39. The van der Waals surface area contributed by atoms with E-state index in [1.807, 2.05) is 0 Å². The van der Waals surface area contributed by atoms with Crippen molar-refractivity contribution < 1.29 is 13.5 Å². The number of rotatable bonds is 6. The monoisotopic (exact) mass is 403 g/mol. The number of H-pyrrole nitrogens is 1. The minimum atomic E-state index is -0.332. The second-order valence-corrected chi connectivity index (χ2v) is 7.73. The number of benzene rings is 2. The Bertz CT molecular complexity index is 934. The smallest absolute Gasteiger partial charge is 0.344 e. The largest absolute Gasteiger partial charge is 0.376 e. The number of aromatic amines is 1. The average Bonchev–Trinajstić information content (AvgIpc) is 3.33. The number of aromatic nitrogens is 3. The first-order valence-corrected chi connectivity index (χ1v) is 9.92. The predicted octanol–water partition coefficient (Wildman–Crippen LogP) is 3.91. The van der Waals surface area contributed by atoms with Crippen molar-refractivity contribution >= 4 is 11.8 Å². The SMILES string of the molecule is O=c1[nH]nc(SC(c2ccc(F)cc2)c2ccc(F)cc2)n1C[C@H]1CCCO1. The molecule has 1 aliphatic heterocycles. The molecule has 3 aromatic rings. The summed E-state index contributed by atoms with van der Waals surface area (Å²) in [4.78, 5) is 12.2. The van der Waals surface area contributed by atoms with Crippen LogP contribution in [0.5, 0.6) is 0 Å². The van der Waals surface area contributed by atoms with Crippen LogP contribution in [-0.4, -0.2) is 27.5 Å². The fraction of sp³-hybridized carbons (Fsp3) is 0.300. The molecule has 0 radical (unpaired) electrons. The van der Waals surface area contributed by atoms with Gasteiger partial charge in [0.15, 0.2) is 5.16 Å². The summed E-state index contributed by atoms with van der Waals surface area (Å²) in [7, 11) is 0. The molecule has 1 fully saturated rings. The molecule has 8 heteroatoms. The van der Waals surface area contributed by atoms with Crippen molar-refractivity contribution in [2.75, 3.05) is 6.61 Å². The molecule has 4 rings (SSSR count). The minimum absolute atomic E-state index is 0.00950. The van der Waals surface area contributed by atoms with Gasteiger partial charge in [-0.1, -0.05) is 36.0 Å². The fourth-order valence-corrected chi connectivity index (χ4v) is 4.44. The van der Waals surface area contributed by atoms with Gasteiger partial charge in [0.05, 0.1) is 17.9 Å². The molecule has 1 atom stereocenters.